The van der Waals surface area contributed by atoms with Crippen molar-refractivity contribution in [2.24, 2.45) is 0 Å². The lowest BCUT2D eigenvalue weighted by Crippen LogP contribution is -2.51. The average Bonchev–Trinajstić information content (AvgIpc) is 3.41. The number of sulfonamides is 1. The van der Waals surface area contributed by atoms with E-state index < -0.39 is 34.0 Å². The van der Waals surface area contributed by atoms with Crippen LogP contribution < -0.4 is 5.32 Å². The first kappa shape index (κ1) is 21.5. The molecule has 1 amide bonds. The Morgan fingerprint density at radius 2 is 2.00 bits per heavy atom. The lowest BCUT2D eigenvalue weighted by Gasteiger charge is -2.25. The zero-order valence-corrected chi connectivity index (χ0v) is 17.7. The van der Waals surface area contributed by atoms with Gasteiger partial charge in [0.05, 0.1) is 6.61 Å². The van der Waals surface area contributed by atoms with Crippen LogP contribution in [0.3, 0.4) is 0 Å². The summed E-state index contributed by atoms with van der Waals surface area (Å²) >= 11 is 1.12. The number of rotatable bonds is 8. The van der Waals surface area contributed by atoms with Gasteiger partial charge in [0.25, 0.3) is 10.0 Å². The largest absolute Gasteiger partial charge is 0.464 e. The highest BCUT2D eigenvalue weighted by molar-refractivity contribution is 7.91. The number of esters is 1. The van der Waals surface area contributed by atoms with Crippen LogP contribution in [-0.2, 0) is 30.8 Å². The van der Waals surface area contributed by atoms with Crippen LogP contribution >= 0.6 is 11.3 Å². The Hall–Kier alpha value is -2.23. The minimum atomic E-state index is -3.74. The van der Waals surface area contributed by atoms with Crippen LogP contribution in [-0.4, -0.2) is 49.8 Å². The number of thiophene rings is 1. The summed E-state index contributed by atoms with van der Waals surface area (Å²) in [5.74, 6) is -1.01. The normalized spacial score (nSPS) is 18.3. The number of nitrogens with one attached hydrogen (secondary N) is 1. The van der Waals surface area contributed by atoms with Crippen molar-refractivity contribution in [3.05, 3.63) is 53.4 Å². The fraction of sp³-hybridized carbons (Fsp3) is 0.400. The first-order chi connectivity index (χ1) is 13.9. The summed E-state index contributed by atoms with van der Waals surface area (Å²) in [5.41, 5.74) is 0.875. The van der Waals surface area contributed by atoms with Gasteiger partial charge < -0.3 is 10.1 Å². The van der Waals surface area contributed by atoms with Gasteiger partial charge in [-0.3, -0.25) is 4.79 Å². The number of ether oxygens (including phenoxy) is 1. The zero-order valence-electron chi connectivity index (χ0n) is 16.1. The zero-order chi connectivity index (χ0) is 20.9. The number of nitrogens with zero attached hydrogens (tertiary/aromatic N) is 1. The van der Waals surface area contributed by atoms with E-state index in [1.807, 2.05) is 30.3 Å². The third-order valence-corrected chi connectivity index (χ3v) is 8.02. The third-order valence-electron chi connectivity index (χ3n) is 4.73. The van der Waals surface area contributed by atoms with E-state index >= 15 is 0 Å². The molecule has 0 spiro atoms. The maximum atomic E-state index is 13.0. The summed E-state index contributed by atoms with van der Waals surface area (Å²) in [6.45, 7) is 2.18. The summed E-state index contributed by atoms with van der Waals surface area (Å²) in [6.07, 6.45) is 1.28. The second-order valence-electron chi connectivity index (χ2n) is 6.71. The Kier molecular flexibility index (Phi) is 7.05. The number of hydrogen-bond donors (Lipinski definition) is 1. The Morgan fingerprint density at radius 3 is 2.66 bits per heavy atom. The van der Waals surface area contributed by atoms with Gasteiger partial charge >= 0.3 is 5.97 Å². The van der Waals surface area contributed by atoms with Gasteiger partial charge in [0.15, 0.2) is 0 Å². The van der Waals surface area contributed by atoms with E-state index in [1.165, 1.54) is 10.4 Å². The minimum absolute atomic E-state index is 0.197. The summed E-state index contributed by atoms with van der Waals surface area (Å²) in [4.78, 5) is 25.4. The summed E-state index contributed by atoms with van der Waals surface area (Å²) in [7, 11) is -3.74. The maximum Gasteiger partial charge on any atom is 0.328 e. The first-order valence-electron chi connectivity index (χ1n) is 9.49. The van der Waals surface area contributed by atoms with Crippen LogP contribution in [0.15, 0.2) is 52.1 Å². The van der Waals surface area contributed by atoms with Gasteiger partial charge in [-0.25, -0.2) is 13.2 Å². The molecule has 1 fully saturated rings. The van der Waals surface area contributed by atoms with Crippen LogP contribution in [0.5, 0.6) is 0 Å². The minimum Gasteiger partial charge on any atom is -0.464 e. The SMILES string of the molecule is CCOC(=O)[C@H](Cc1ccccc1)NC(=O)[C@@H]1CCCN1S(=O)(=O)c1cccs1. The second-order valence-corrected chi connectivity index (χ2v) is 9.77. The molecule has 1 aliphatic heterocycles. The average molecular weight is 437 g/mol. The molecule has 1 aliphatic rings. The molecule has 1 aromatic heterocycles. The van der Waals surface area contributed by atoms with Crippen LogP contribution in [0, 0.1) is 0 Å². The molecule has 1 N–H and O–H groups in total. The molecule has 3 rings (SSSR count). The molecule has 29 heavy (non-hydrogen) atoms. The third kappa shape index (κ3) is 5.04. The van der Waals surface area contributed by atoms with Crippen molar-refractivity contribution in [3.8, 4) is 0 Å². The van der Waals surface area contributed by atoms with E-state index in [-0.39, 0.29) is 23.8 Å². The Bertz CT molecular complexity index is 929. The molecule has 0 unspecified atom stereocenters. The summed E-state index contributed by atoms with van der Waals surface area (Å²) in [5, 5.41) is 4.41. The summed E-state index contributed by atoms with van der Waals surface area (Å²) in [6, 6.07) is 10.8. The van der Waals surface area contributed by atoms with Crippen LogP contribution in [0.1, 0.15) is 25.3 Å². The van der Waals surface area contributed by atoms with Crippen molar-refractivity contribution in [1.82, 2.24) is 9.62 Å². The molecule has 2 aromatic rings. The Labute approximate surface area is 174 Å². The van der Waals surface area contributed by atoms with E-state index in [9.17, 15) is 18.0 Å². The van der Waals surface area contributed by atoms with Gasteiger partial charge in [0, 0.05) is 13.0 Å². The number of amides is 1. The van der Waals surface area contributed by atoms with E-state index in [1.54, 1.807) is 18.4 Å². The van der Waals surface area contributed by atoms with Gasteiger partial charge in [-0.2, -0.15) is 4.31 Å². The van der Waals surface area contributed by atoms with Crippen LogP contribution in [0.2, 0.25) is 0 Å². The number of carbonyl (C=O) groups excluding carboxylic acids is 2. The first-order valence-corrected chi connectivity index (χ1v) is 11.8. The standard InChI is InChI=1S/C20H24N2O5S2/c1-2-27-20(24)16(14-15-8-4-3-5-9-15)21-19(23)17-10-6-12-22(17)29(25,26)18-11-7-13-28-18/h3-5,7-9,11,13,16-17H,2,6,10,12,14H2,1H3,(H,21,23)/t16-,17-/m0/s1. The summed E-state index contributed by atoms with van der Waals surface area (Å²) < 4.78 is 32.3. The molecule has 7 nitrogen and oxygen atoms in total. The molecule has 156 valence electrons. The molecule has 0 radical (unpaired) electrons. The van der Waals surface area contributed by atoms with Crippen molar-refractivity contribution >= 4 is 33.2 Å². The highest BCUT2D eigenvalue weighted by Gasteiger charge is 2.41. The van der Waals surface area contributed by atoms with Crippen LogP contribution in [0.25, 0.3) is 0 Å². The van der Waals surface area contributed by atoms with Crippen molar-refractivity contribution in [3.63, 3.8) is 0 Å². The van der Waals surface area contributed by atoms with E-state index in [2.05, 4.69) is 5.32 Å². The van der Waals surface area contributed by atoms with Gasteiger partial charge in [0.1, 0.15) is 16.3 Å². The van der Waals surface area contributed by atoms with Crippen molar-refractivity contribution in [2.45, 2.75) is 42.5 Å². The molecule has 0 bridgehead atoms. The number of carbonyl (C=O) groups is 2. The van der Waals surface area contributed by atoms with Crippen molar-refractivity contribution < 1.29 is 22.7 Å². The number of hydrogen-bond acceptors (Lipinski definition) is 6. The highest BCUT2D eigenvalue weighted by atomic mass is 32.2. The molecule has 2 atom stereocenters. The predicted octanol–water partition coefficient (Wildman–Crippen LogP) is 2.19. The van der Waals surface area contributed by atoms with Gasteiger partial charge in [0.2, 0.25) is 5.91 Å². The lowest BCUT2D eigenvalue weighted by atomic mass is 10.1. The maximum absolute atomic E-state index is 13.0. The van der Waals surface area contributed by atoms with Gasteiger partial charge in [-0.15, -0.1) is 11.3 Å². The quantitative estimate of drug-likeness (QED) is 0.641. The lowest BCUT2D eigenvalue weighted by molar-refractivity contribution is -0.147. The van der Waals surface area contributed by atoms with Gasteiger partial charge in [-0.1, -0.05) is 36.4 Å². The van der Waals surface area contributed by atoms with Gasteiger partial charge in [-0.05, 0) is 36.8 Å². The Morgan fingerprint density at radius 1 is 1.24 bits per heavy atom. The smallest absolute Gasteiger partial charge is 0.328 e. The van der Waals surface area contributed by atoms with E-state index in [4.69, 9.17) is 4.74 Å². The number of benzene rings is 1. The fourth-order valence-electron chi connectivity index (χ4n) is 3.37. The molecule has 0 saturated carbocycles. The molecule has 9 heteroatoms. The Balaban J connectivity index is 1.76. The molecule has 2 heterocycles. The monoisotopic (exact) mass is 436 g/mol. The second kappa shape index (κ2) is 9.51. The molecule has 0 aliphatic carbocycles. The molecular weight excluding hydrogens is 412 g/mol. The van der Waals surface area contributed by atoms with E-state index in [0.29, 0.717) is 12.8 Å². The van der Waals surface area contributed by atoms with Crippen LogP contribution in [0.4, 0.5) is 0 Å². The fourth-order valence-corrected chi connectivity index (χ4v) is 6.15. The molecule has 1 aromatic carbocycles. The molecule has 1 saturated heterocycles. The van der Waals surface area contributed by atoms with Crippen molar-refractivity contribution in [2.75, 3.05) is 13.2 Å². The topological polar surface area (TPSA) is 92.8 Å². The van der Waals surface area contributed by atoms with Crippen molar-refractivity contribution in [1.29, 1.82) is 0 Å². The highest BCUT2D eigenvalue weighted by Crippen LogP contribution is 2.28. The molecular formula is C20H24N2O5S2. The predicted molar refractivity (Wildman–Crippen MR) is 110 cm³/mol. The van der Waals surface area contributed by atoms with E-state index in [0.717, 1.165) is 16.9 Å².